The Morgan fingerprint density at radius 2 is 2.09 bits per heavy atom. The zero-order chi connectivity index (χ0) is 15.6. The molecule has 0 radical (unpaired) electrons. The van der Waals surface area contributed by atoms with Crippen molar-refractivity contribution in [2.24, 2.45) is 11.7 Å². The number of carbonyl (C=O) groups excluding carboxylic acids is 1. The van der Waals surface area contributed by atoms with E-state index in [9.17, 15) is 13.2 Å². The van der Waals surface area contributed by atoms with E-state index in [-0.39, 0.29) is 29.9 Å². The number of ether oxygens (including phenoxy) is 1. The molecule has 0 spiro atoms. The second-order valence-corrected chi connectivity index (χ2v) is 6.96. The highest BCUT2D eigenvalue weighted by atomic mass is 35.5. The molecule has 3 N–H and O–H groups in total. The van der Waals surface area contributed by atoms with Crippen LogP contribution in [0.2, 0.25) is 0 Å². The van der Waals surface area contributed by atoms with Gasteiger partial charge in [0.15, 0.2) is 0 Å². The third kappa shape index (κ3) is 4.19. The van der Waals surface area contributed by atoms with E-state index >= 15 is 0 Å². The van der Waals surface area contributed by atoms with Crippen LogP contribution in [-0.2, 0) is 14.8 Å². The van der Waals surface area contributed by atoms with Gasteiger partial charge in [0.25, 0.3) is 0 Å². The molecule has 0 amide bonds. The minimum atomic E-state index is -3.64. The molecule has 22 heavy (non-hydrogen) atoms. The summed E-state index contributed by atoms with van der Waals surface area (Å²) in [5.41, 5.74) is 6.45. The van der Waals surface area contributed by atoms with Gasteiger partial charge in [0.2, 0.25) is 10.0 Å². The van der Waals surface area contributed by atoms with Crippen molar-refractivity contribution in [3.05, 3.63) is 29.3 Å². The van der Waals surface area contributed by atoms with E-state index in [2.05, 4.69) is 9.46 Å². The van der Waals surface area contributed by atoms with E-state index in [4.69, 9.17) is 5.73 Å². The van der Waals surface area contributed by atoms with Gasteiger partial charge in [-0.1, -0.05) is 0 Å². The molecule has 0 saturated heterocycles. The van der Waals surface area contributed by atoms with E-state index in [1.807, 2.05) is 0 Å². The molecule has 1 atom stereocenters. The predicted molar refractivity (Wildman–Crippen MR) is 85.7 cm³/mol. The largest absolute Gasteiger partial charge is 0.465 e. The fourth-order valence-electron chi connectivity index (χ4n) is 2.29. The van der Waals surface area contributed by atoms with Crippen LogP contribution in [0.15, 0.2) is 23.1 Å². The molecule has 1 unspecified atom stereocenters. The number of carbonyl (C=O) groups is 1. The number of sulfonamides is 1. The molecular formula is C14H21ClN2O4S. The Balaban J connectivity index is 0.00000242. The summed E-state index contributed by atoms with van der Waals surface area (Å²) in [7, 11) is -2.36. The van der Waals surface area contributed by atoms with Gasteiger partial charge in [0.1, 0.15) is 0 Å². The number of hydrogen-bond donors (Lipinski definition) is 2. The monoisotopic (exact) mass is 348 g/mol. The van der Waals surface area contributed by atoms with Crippen molar-refractivity contribution in [3.63, 3.8) is 0 Å². The smallest absolute Gasteiger partial charge is 0.337 e. The van der Waals surface area contributed by atoms with Crippen LogP contribution in [0.1, 0.15) is 28.8 Å². The second-order valence-electron chi connectivity index (χ2n) is 5.27. The Morgan fingerprint density at radius 3 is 2.55 bits per heavy atom. The number of hydrogen-bond acceptors (Lipinski definition) is 5. The summed E-state index contributed by atoms with van der Waals surface area (Å²) < 4.78 is 32.1. The number of methoxy groups -OCH3 is 1. The van der Waals surface area contributed by atoms with E-state index in [0.29, 0.717) is 17.0 Å². The zero-order valence-electron chi connectivity index (χ0n) is 12.5. The quantitative estimate of drug-likeness (QED) is 0.753. The fraction of sp³-hybridized carbons (Fsp3) is 0.500. The molecule has 0 aliphatic heterocycles. The summed E-state index contributed by atoms with van der Waals surface area (Å²) in [6.07, 6.45) is 2.01. The minimum absolute atomic E-state index is 0. The molecule has 1 aliphatic rings. The van der Waals surface area contributed by atoms with Gasteiger partial charge < -0.3 is 10.5 Å². The van der Waals surface area contributed by atoms with Crippen molar-refractivity contribution in [1.82, 2.24) is 4.72 Å². The highest BCUT2D eigenvalue weighted by Crippen LogP contribution is 2.33. The molecule has 6 nitrogen and oxygen atoms in total. The Kier molecular flexibility index (Phi) is 6.37. The van der Waals surface area contributed by atoms with Crippen LogP contribution in [-0.4, -0.2) is 34.1 Å². The first-order valence-corrected chi connectivity index (χ1v) is 8.28. The molecule has 1 aromatic carbocycles. The molecule has 0 aromatic heterocycles. The first-order chi connectivity index (χ1) is 9.89. The van der Waals surface area contributed by atoms with Crippen LogP contribution in [0.4, 0.5) is 0 Å². The standard InChI is InChI=1S/C14H20N2O4S.ClH/c1-9-7-11(14(17)20-2)5-6-13(9)21(18,19)16-12(8-15)10-3-4-10;/h5-7,10,12,16H,3-4,8,15H2,1-2H3;1H. The maximum absolute atomic E-state index is 12.4. The third-order valence-corrected chi connectivity index (χ3v) is 5.29. The molecule has 0 bridgehead atoms. The van der Waals surface area contributed by atoms with E-state index in [1.54, 1.807) is 6.92 Å². The average Bonchev–Trinajstić information content (AvgIpc) is 3.28. The average molecular weight is 349 g/mol. The van der Waals surface area contributed by atoms with Crippen LogP contribution in [0, 0.1) is 12.8 Å². The van der Waals surface area contributed by atoms with Gasteiger partial charge in [0, 0.05) is 12.6 Å². The van der Waals surface area contributed by atoms with Crippen molar-refractivity contribution in [1.29, 1.82) is 0 Å². The van der Waals surface area contributed by atoms with Crippen molar-refractivity contribution >= 4 is 28.4 Å². The Labute approximate surface area is 136 Å². The number of halogens is 1. The molecule has 1 aliphatic carbocycles. The summed E-state index contributed by atoms with van der Waals surface area (Å²) in [6.45, 7) is 1.93. The molecule has 0 heterocycles. The number of esters is 1. The molecular weight excluding hydrogens is 328 g/mol. The van der Waals surface area contributed by atoms with E-state index < -0.39 is 16.0 Å². The summed E-state index contributed by atoms with van der Waals surface area (Å²) in [5.74, 6) is -0.160. The van der Waals surface area contributed by atoms with Gasteiger partial charge >= 0.3 is 5.97 Å². The molecule has 2 rings (SSSR count). The maximum Gasteiger partial charge on any atom is 0.337 e. The minimum Gasteiger partial charge on any atom is -0.465 e. The van der Waals surface area contributed by atoms with Crippen molar-refractivity contribution in [2.45, 2.75) is 30.7 Å². The lowest BCUT2D eigenvalue weighted by molar-refractivity contribution is 0.0600. The Morgan fingerprint density at radius 1 is 1.45 bits per heavy atom. The molecule has 1 fully saturated rings. The highest BCUT2D eigenvalue weighted by Gasteiger charge is 2.33. The zero-order valence-corrected chi connectivity index (χ0v) is 14.2. The molecule has 8 heteroatoms. The molecule has 124 valence electrons. The number of aryl methyl sites for hydroxylation is 1. The summed E-state index contributed by atoms with van der Waals surface area (Å²) in [4.78, 5) is 11.6. The fourth-order valence-corrected chi connectivity index (χ4v) is 3.84. The number of nitrogens with one attached hydrogen (secondary N) is 1. The van der Waals surface area contributed by atoms with Gasteiger partial charge in [-0.05, 0) is 49.4 Å². The summed E-state index contributed by atoms with van der Waals surface area (Å²) >= 11 is 0. The van der Waals surface area contributed by atoms with Crippen LogP contribution in [0.25, 0.3) is 0 Å². The number of nitrogens with two attached hydrogens (primary N) is 1. The predicted octanol–water partition coefficient (Wildman–Crippen LogP) is 1.22. The third-order valence-electron chi connectivity index (χ3n) is 3.64. The molecule has 1 aromatic rings. The number of benzene rings is 1. The Bertz CT molecular complexity index is 644. The van der Waals surface area contributed by atoms with Crippen LogP contribution >= 0.6 is 12.4 Å². The van der Waals surface area contributed by atoms with Crippen LogP contribution in [0.3, 0.4) is 0 Å². The lowest BCUT2D eigenvalue weighted by atomic mass is 10.1. The second kappa shape index (κ2) is 7.41. The van der Waals surface area contributed by atoms with Gasteiger partial charge in [-0.15, -0.1) is 12.4 Å². The van der Waals surface area contributed by atoms with E-state index in [1.165, 1.54) is 25.3 Å². The summed E-state index contributed by atoms with van der Waals surface area (Å²) in [6, 6.07) is 4.15. The lowest BCUT2D eigenvalue weighted by Gasteiger charge is -2.17. The topological polar surface area (TPSA) is 98.5 Å². The summed E-state index contributed by atoms with van der Waals surface area (Å²) in [5, 5.41) is 0. The first-order valence-electron chi connectivity index (χ1n) is 6.80. The first kappa shape index (κ1) is 18.9. The van der Waals surface area contributed by atoms with Gasteiger partial charge in [-0.2, -0.15) is 0 Å². The van der Waals surface area contributed by atoms with Gasteiger partial charge in [-0.3, -0.25) is 0 Å². The van der Waals surface area contributed by atoms with Gasteiger partial charge in [-0.25, -0.2) is 17.9 Å². The van der Waals surface area contributed by atoms with Crippen LogP contribution in [0.5, 0.6) is 0 Å². The van der Waals surface area contributed by atoms with Gasteiger partial charge in [0.05, 0.1) is 17.6 Å². The van der Waals surface area contributed by atoms with E-state index in [0.717, 1.165) is 12.8 Å². The molecule has 1 saturated carbocycles. The van der Waals surface area contributed by atoms with Crippen molar-refractivity contribution in [2.75, 3.05) is 13.7 Å². The highest BCUT2D eigenvalue weighted by molar-refractivity contribution is 7.89. The maximum atomic E-state index is 12.4. The Hall–Kier alpha value is -1.15. The SMILES string of the molecule is COC(=O)c1ccc(S(=O)(=O)NC(CN)C2CC2)c(C)c1.Cl. The normalized spacial score (nSPS) is 15.8. The lowest BCUT2D eigenvalue weighted by Crippen LogP contribution is -2.41. The van der Waals surface area contributed by atoms with Crippen molar-refractivity contribution < 1.29 is 17.9 Å². The van der Waals surface area contributed by atoms with Crippen LogP contribution < -0.4 is 10.5 Å². The van der Waals surface area contributed by atoms with Crippen molar-refractivity contribution in [3.8, 4) is 0 Å². The number of rotatable bonds is 6.